The average molecular weight is 389 g/mol. The molecule has 0 unspecified atom stereocenters. The maximum Gasteiger partial charge on any atom is 0.261 e. The van der Waals surface area contributed by atoms with Crippen LogP contribution in [-0.4, -0.2) is 49.5 Å². The first-order valence-corrected chi connectivity index (χ1v) is 9.60. The lowest BCUT2D eigenvalue weighted by atomic mass is 10.2. The van der Waals surface area contributed by atoms with Gasteiger partial charge in [0.25, 0.3) is 15.9 Å². The van der Waals surface area contributed by atoms with E-state index in [1.807, 2.05) is 6.92 Å². The zero-order valence-electron chi connectivity index (χ0n) is 14.8. The third-order valence-corrected chi connectivity index (χ3v) is 5.15. The van der Waals surface area contributed by atoms with Gasteiger partial charge in [-0.2, -0.15) is 15.4 Å². The number of nitrogens with zero attached hydrogens (tertiary/aromatic N) is 2. The van der Waals surface area contributed by atoms with Gasteiger partial charge in [-0.15, -0.1) is 0 Å². The van der Waals surface area contributed by atoms with Crippen molar-refractivity contribution in [3.63, 3.8) is 0 Å². The standard InChI is InChI=1S/C17H19N5O4S/c1-11(10-26-2)18-17(23)12-4-3-5-13(8-12)21-27(24,25)14-6-7-15-16(9-14)20-22-19-15/h3-9,11,21H,10H2,1-2H3,(H,18,23)(H,19,20,22)/t11-/m1/s1. The number of aromatic amines is 1. The number of ether oxygens (including phenoxy) is 1. The highest BCUT2D eigenvalue weighted by Crippen LogP contribution is 2.20. The van der Waals surface area contributed by atoms with Crippen molar-refractivity contribution >= 4 is 32.7 Å². The molecule has 27 heavy (non-hydrogen) atoms. The molecule has 0 fully saturated rings. The summed E-state index contributed by atoms with van der Waals surface area (Å²) >= 11 is 0. The Morgan fingerprint density at radius 1 is 1.19 bits per heavy atom. The molecule has 9 nitrogen and oxygen atoms in total. The Morgan fingerprint density at radius 2 is 1.96 bits per heavy atom. The van der Waals surface area contributed by atoms with Gasteiger partial charge < -0.3 is 10.1 Å². The van der Waals surface area contributed by atoms with Crippen molar-refractivity contribution in [2.45, 2.75) is 17.9 Å². The minimum Gasteiger partial charge on any atom is -0.383 e. The number of carbonyl (C=O) groups excluding carboxylic acids is 1. The molecule has 1 aromatic heterocycles. The Kier molecular flexibility index (Phi) is 5.38. The van der Waals surface area contributed by atoms with Crippen LogP contribution in [0.25, 0.3) is 11.0 Å². The SMILES string of the molecule is COC[C@@H](C)NC(=O)c1cccc(NS(=O)(=O)c2ccc3n[nH]nc3c2)c1. The lowest BCUT2D eigenvalue weighted by Crippen LogP contribution is -2.35. The molecule has 0 saturated carbocycles. The van der Waals surface area contributed by atoms with Gasteiger partial charge in [0.2, 0.25) is 0 Å². The van der Waals surface area contributed by atoms with Gasteiger partial charge >= 0.3 is 0 Å². The van der Waals surface area contributed by atoms with Gasteiger partial charge in [-0.3, -0.25) is 9.52 Å². The van der Waals surface area contributed by atoms with Gasteiger partial charge in [-0.1, -0.05) is 6.07 Å². The number of anilines is 1. The number of hydrogen-bond acceptors (Lipinski definition) is 6. The molecule has 3 aromatic rings. The van der Waals surface area contributed by atoms with Crippen molar-refractivity contribution in [2.75, 3.05) is 18.4 Å². The van der Waals surface area contributed by atoms with E-state index >= 15 is 0 Å². The van der Waals surface area contributed by atoms with Crippen LogP contribution in [0.3, 0.4) is 0 Å². The smallest absolute Gasteiger partial charge is 0.261 e. The Labute approximate surface area is 156 Å². The highest BCUT2D eigenvalue weighted by Gasteiger charge is 2.17. The van der Waals surface area contributed by atoms with Gasteiger partial charge in [-0.05, 0) is 43.3 Å². The molecule has 0 aliphatic carbocycles. The van der Waals surface area contributed by atoms with E-state index in [0.717, 1.165) is 0 Å². The summed E-state index contributed by atoms with van der Waals surface area (Å²) < 4.78 is 32.7. The fraction of sp³-hybridized carbons (Fsp3) is 0.235. The summed E-state index contributed by atoms with van der Waals surface area (Å²) in [5.74, 6) is -0.315. The zero-order chi connectivity index (χ0) is 19.4. The Bertz CT molecular complexity index is 1060. The monoisotopic (exact) mass is 389 g/mol. The number of fused-ring (bicyclic) bond motifs is 1. The number of amides is 1. The molecule has 10 heteroatoms. The van der Waals surface area contributed by atoms with E-state index < -0.39 is 10.0 Å². The van der Waals surface area contributed by atoms with Gasteiger partial charge in [0, 0.05) is 24.4 Å². The number of methoxy groups -OCH3 is 1. The molecule has 0 saturated heterocycles. The number of aromatic nitrogens is 3. The molecule has 2 aromatic carbocycles. The Morgan fingerprint density at radius 3 is 2.74 bits per heavy atom. The number of carbonyl (C=O) groups is 1. The zero-order valence-corrected chi connectivity index (χ0v) is 15.6. The van der Waals surface area contributed by atoms with Crippen LogP contribution >= 0.6 is 0 Å². The molecular formula is C17H19N5O4S. The van der Waals surface area contributed by atoms with Crippen LogP contribution in [0, 0.1) is 0 Å². The van der Waals surface area contributed by atoms with Crippen molar-refractivity contribution in [3.05, 3.63) is 48.0 Å². The molecule has 0 aliphatic rings. The highest BCUT2D eigenvalue weighted by atomic mass is 32.2. The molecule has 1 heterocycles. The van der Waals surface area contributed by atoms with E-state index in [0.29, 0.717) is 23.2 Å². The van der Waals surface area contributed by atoms with Crippen LogP contribution in [0.1, 0.15) is 17.3 Å². The fourth-order valence-corrected chi connectivity index (χ4v) is 3.59. The van der Waals surface area contributed by atoms with Crippen LogP contribution in [0.15, 0.2) is 47.4 Å². The number of benzene rings is 2. The minimum atomic E-state index is -3.84. The molecular weight excluding hydrogens is 370 g/mol. The quantitative estimate of drug-likeness (QED) is 0.562. The molecule has 0 radical (unpaired) electrons. The van der Waals surface area contributed by atoms with Gasteiger partial charge in [0.05, 0.1) is 11.5 Å². The van der Waals surface area contributed by atoms with Crippen molar-refractivity contribution in [1.82, 2.24) is 20.7 Å². The van der Waals surface area contributed by atoms with Crippen LogP contribution in [0.5, 0.6) is 0 Å². The normalized spacial score (nSPS) is 12.7. The first-order valence-electron chi connectivity index (χ1n) is 8.12. The maximum atomic E-state index is 12.6. The summed E-state index contributed by atoms with van der Waals surface area (Å²) in [5, 5.41) is 13.0. The summed E-state index contributed by atoms with van der Waals surface area (Å²) in [4.78, 5) is 12.3. The van der Waals surface area contributed by atoms with Crippen LogP contribution in [0.2, 0.25) is 0 Å². The van der Waals surface area contributed by atoms with Crippen LogP contribution < -0.4 is 10.0 Å². The van der Waals surface area contributed by atoms with Crippen molar-refractivity contribution < 1.29 is 17.9 Å². The number of H-pyrrole nitrogens is 1. The third-order valence-electron chi connectivity index (χ3n) is 3.77. The van der Waals surface area contributed by atoms with Gasteiger partial charge in [0.1, 0.15) is 11.0 Å². The molecule has 0 spiro atoms. The highest BCUT2D eigenvalue weighted by molar-refractivity contribution is 7.92. The Balaban J connectivity index is 1.79. The predicted molar refractivity (Wildman–Crippen MR) is 99.9 cm³/mol. The van der Waals surface area contributed by atoms with Crippen molar-refractivity contribution in [3.8, 4) is 0 Å². The van der Waals surface area contributed by atoms with Crippen LogP contribution in [-0.2, 0) is 14.8 Å². The topological polar surface area (TPSA) is 126 Å². The minimum absolute atomic E-state index is 0.0486. The molecule has 1 amide bonds. The summed E-state index contributed by atoms with van der Waals surface area (Å²) in [7, 11) is -2.29. The first-order chi connectivity index (χ1) is 12.9. The lowest BCUT2D eigenvalue weighted by molar-refractivity contribution is 0.0905. The Hall–Kier alpha value is -2.98. The number of rotatable bonds is 7. The van der Waals surface area contributed by atoms with Gasteiger partial charge in [0.15, 0.2) is 0 Å². The van der Waals surface area contributed by atoms with E-state index in [4.69, 9.17) is 4.74 Å². The number of hydrogen-bond donors (Lipinski definition) is 3. The molecule has 3 rings (SSSR count). The average Bonchev–Trinajstić information content (AvgIpc) is 3.09. The second-order valence-corrected chi connectivity index (χ2v) is 7.67. The summed E-state index contributed by atoms with van der Waals surface area (Å²) in [6.07, 6.45) is 0. The number of nitrogens with one attached hydrogen (secondary N) is 3. The fourth-order valence-electron chi connectivity index (χ4n) is 2.52. The molecule has 142 valence electrons. The van der Waals surface area contributed by atoms with E-state index in [-0.39, 0.29) is 22.5 Å². The van der Waals surface area contributed by atoms with Gasteiger partial charge in [-0.25, -0.2) is 8.42 Å². The molecule has 0 aliphatic heterocycles. The largest absolute Gasteiger partial charge is 0.383 e. The predicted octanol–water partition coefficient (Wildman–Crippen LogP) is 1.52. The van der Waals surface area contributed by atoms with E-state index in [1.54, 1.807) is 31.4 Å². The van der Waals surface area contributed by atoms with E-state index in [9.17, 15) is 13.2 Å². The summed E-state index contributed by atoms with van der Waals surface area (Å²) in [5.41, 5.74) is 1.63. The van der Waals surface area contributed by atoms with E-state index in [2.05, 4.69) is 25.4 Å². The van der Waals surface area contributed by atoms with E-state index in [1.165, 1.54) is 18.2 Å². The first kappa shape index (κ1) is 18.8. The molecule has 1 atom stereocenters. The second-order valence-electron chi connectivity index (χ2n) is 5.99. The summed E-state index contributed by atoms with van der Waals surface area (Å²) in [6.45, 7) is 2.19. The third kappa shape index (κ3) is 4.41. The van der Waals surface area contributed by atoms with Crippen molar-refractivity contribution in [2.24, 2.45) is 0 Å². The number of sulfonamides is 1. The second kappa shape index (κ2) is 7.72. The van der Waals surface area contributed by atoms with Crippen molar-refractivity contribution in [1.29, 1.82) is 0 Å². The molecule has 0 bridgehead atoms. The lowest BCUT2D eigenvalue weighted by Gasteiger charge is -2.13. The summed E-state index contributed by atoms with van der Waals surface area (Å²) in [6, 6.07) is 10.5. The molecule has 3 N–H and O–H groups in total. The maximum absolute atomic E-state index is 12.6. The van der Waals surface area contributed by atoms with Crippen LogP contribution in [0.4, 0.5) is 5.69 Å².